The third kappa shape index (κ3) is 5.11. The Hall–Kier alpha value is -5.08. The van der Waals surface area contributed by atoms with Gasteiger partial charge in [0.1, 0.15) is 11.2 Å². The zero-order chi connectivity index (χ0) is 30.1. The van der Waals surface area contributed by atoms with Gasteiger partial charge in [-0.25, -0.2) is 0 Å². The Labute approximate surface area is 265 Å². The van der Waals surface area contributed by atoms with E-state index in [1.165, 1.54) is 60.8 Å². The number of rotatable bonds is 6. The van der Waals surface area contributed by atoms with E-state index in [0.717, 1.165) is 39.0 Å². The van der Waals surface area contributed by atoms with E-state index in [1.807, 2.05) is 12.1 Å². The van der Waals surface area contributed by atoms with Gasteiger partial charge in [-0.3, -0.25) is 0 Å². The molecule has 6 aromatic carbocycles. The molecule has 2 nitrogen and oxygen atoms in total. The first kappa shape index (κ1) is 27.5. The molecule has 0 saturated heterocycles. The molecule has 0 bridgehead atoms. The minimum Gasteiger partial charge on any atom is -0.456 e. The number of hydrogen-bond donors (Lipinski definition) is 0. The van der Waals surface area contributed by atoms with Crippen molar-refractivity contribution in [2.24, 2.45) is 0 Å². The van der Waals surface area contributed by atoms with Crippen molar-refractivity contribution in [1.82, 2.24) is 0 Å². The van der Waals surface area contributed by atoms with Crippen LogP contribution in [0.3, 0.4) is 0 Å². The van der Waals surface area contributed by atoms with E-state index < -0.39 is 0 Å². The van der Waals surface area contributed by atoms with Gasteiger partial charge in [-0.1, -0.05) is 129 Å². The molecule has 0 radical (unpaired) electrons. The second-order valence-corrected chi connectivity index (χ2v) is 12.4. The topological polar surface area (TPSA) is 16.4 Å². The lowest BCUT2D eigenvalue weighted by Crippen LogP contribution is -2.27. The first-order valence-electron chi connectivity index (χ1n) is 16.3. The van der Waals surface area contributed by atoms with Gasteiger partial charge in [0.25, 0.3) is 0 Å². The van der Waals surface area contributed by atoms with Gasteiger partial charge in [0.05, 0.1) is 0 Å². The number of para-hydroxylation sites is 1. The summed E-state index contributed by atoms with van der Waals surface area (Å²) in [4.78, 5) is 2.35. The summed E-state index contributed by atoms with van der Waals surface area (Å²) in [5.41, 5.74) is 10.5. The summed E-state index contributed by atoms with van der Waals surface area (Å²) >= 11 is 0. The fourth-order valence-corrected chi connectivity index (χ4v) is 7.50. The number of benzene rings is 6. The molecule has 7 aromatic rings. The minimum atomic E-state index is 0.0611. The van der Waals surface area contributed by atoms with Gasteiger partial charge in [0.2, 0.25) is 0 Å². The van der Waals surface area contributed by atoms with Crippen molar-refractivity contribution < 1.29 is 4.42 Å². The quantitative estimate of drug-likeness (QED) is 0.181. The second-order valence-electron chi connectivity index (χ2n) is 12.4. The molecule has 0 spiro atoms. The van der Waals surface area contributed by atoms with Gasteiger partial charge in [-0.2, -0.15) is 0 Å². The Morgan fingerprint density at radius 3 is 1.67 bits per heavy atom. The van der Waals surface area contributed by atoms with Crippen LogP contribution < -0.4 is 4.90 Å². The number of furan rings is 1. The normalized spacial score (nSPS) is 14.8. The maximum Gasteiger partial charge on any atom is 0.137 e. The largest absolute Gasteiger partial charge is 0.456 e. The van der Waals surface area contributed by atoms with Gasteiger partial charge >= 0.3 is 0 Å². The summed E-state index contributed by atoms with van der Waals surface area (Å²) in [5, 5.41) is 2.29. The van der Waals surface area contributed by atoms with Crippen LogP contribution in [0.5, 0.6) is 0 Å². The zero-order valence-corrected chi connectivity index (χ0v) is 25.5. The van der Waals surface area contributed by atoms with Gasteiger partial charge in [-0.05, 0) is 77.6 Å². The van der Waals surface area contributed by atoms with E-state index in [1.54, 1.807) is 0 Å². The summed E-state index contributed by atoms with van der Waals surface area (Å²) in [6.07, 6.45) is 7.59. The molecule has 8 rings (SSSR count). The molecule has 1 aliphatic carbocycles. The monoisotopic (exact) mass is 583 g/mol. The van der Waals surface area contributed by atoms with E-state index in [-0.39, 0.29) is 5.41 Å². The van der Waals surface area contributed by atoms with Gasteiger partial charge in [0.15, 0.2) is 0 Å². The molecular weight excluding hydrogens is 546 g/mol. The third-order valence-corrected chi connectivity index (χ3v) is 9.81. The Balaban J connectivity index is 1.23. The Morgan fingerprint density at radius 1 is 0.422 bits per heavy atom. The maximum absolute atomic E-state index is 6.34. The molecule has 1 saturated carbocycles. The van der Waals surface area contributed by atoms with Crippen molar-refractivity contribution in [3.8, 4) is 11.1 Å². The Morgan fingerprint density at radius 2 is 0.956 bits per heavy atom. The first-order chi connectivity index (χ1) is 22.3. The lowest BCUT2D eigenvalue weighted by atomic mass is 9.69. The fraction of sp³-hybridized carbons (Fsp3) is 0.163. The highest BCUT2D eigenvalue weighted by Gasteiger charge is 2.34. The molecule has 220 valence electrons. The molecule has 0 atom stereocenters. The molecule has 2 heteroatoms. The van der Waals surface area contributed by atoms with Crippen LogP contribution >= 0.6 is 0 Å². The second kappa shape index (κ2) is 11.8. The van der Waals surface area contributed by atoms with Crippen LogP contribution in [-0.4, -0.2) is 0 Å². The predicted octanol–water partition coefficient (Wildman–Crippen LogP) is 12.4. The van der Waals surface area contributed by atoms with Crippen LogP contribution in [0.15, 0.2) is 156 Å². The lowest BCUT2D eigenvalue weighted by Gasteiger charge is -2.35. The molecule has 0 N–H and O–H groups in total. The zero-order valence-electron chi connectivity index (χ0n) is 25.5. The molecule has 1 aliphatic rings. The van der Waals surface area contributed by atoms with Crippen LogP contribution in [0, 0.1) is 0 Å². The van der Waals surface area contributed by atoms with Crippen molar-refractivity contribution in [3.63, 3.8) is 0 Å². The highest BCUT2D eigenvalue weighted by Crippen LogP contribution is 2.45. The van der Waals surface area contributed by atoms with Crippen LogP contribution in [0.25, 0.3) is 33.1 Å². The first-order valence-corrected chi connectivity index (χ1v) is 16.3. The average molecular weight is 584 g/mol. The molecule has 0 unspecified atom stereocenters. The predicted molar refractivity (Wildman–Crippen MR) is 189 cm³/mol. The van der Waals surface area contributed by atoms with Gasteiger partial charge < -0.3 is 9.32 Å². The summed E-state index contributed by atoms with van der Waals surface area (Å²) in [6, 6.07) is 55.0. The summed E-state index contributed by atoms with van der Waals surface area (Å²) < 4.78 is 6.34. The molecule has 45 heavy (non-hydrogen) atoms. The lowest BCUT2D eigenvalue weighted by molar-refractivity contribution is 0.446. The van der Waals surface area contributed by atoms with Crippen molar-refractivity contribution in [2.45, 2.75) is 43.9 Å². The van der Waals surface area contributed by atoms with Crippen LogP contribution in [-0.2, 0) is 5.41 Å². The van der Waals surface area contributed by atoms with E-state index in [2.05, 4.69) is 144 Å². The number of anilines is 3. The van der Waals surface area contributed by atoms with Crippen molar-refractivity contribution in [2.75, 3.05) is 4.90 Å². The fourth-order valence-electron chi connectivity index (χ4n) is 7.50. The van der Waals surface area contributed by atoms with Crippen LogP contribution in [0.2, 0.25) is 0 Å². The summed E-state index contributed by atoms with van der Waals surface area (Å²) in [6.45, 7) is 0. The Bertz CT molecular complexity index is 2030. The van der Waals surface area contributed by atoms with Crippen LogP contribution in [0.1, 0.15) is 49.7 Å². The summed E-state index contributed by atoms with van der Waals surface area (Å²) in [5.74, 6) is 0. The molecule has 0 amide bonds. The highest BCUT2D eigenvalue weighted by atomic mass is 16.3. The average Bonchev–Trinajstić information content (AvgIpc) is 3.29. The van der Waals surface area contributed by atoms with E-state index in [0.29, 0.717) is 0 Å². The number of hydrogen-bond acceptors (Lipinski definition) is 2. The van der Waals surface area contributed by atoms with Gasteiger partial charge in [-0.15, -0.1) is 0 Å². The molecular formula is C43H37NO. The van der Waals surface area contributed by atoms with Crippen LogP contribution in [0.4, 0.5) is 17.1 Å². The van der Waals surface area contributed by atoms with Crippen molar-refractivity contribution in [1.29, 1.82) is 0 Å². The molecule has 1 fully saturated rings. The van der Waals surface area contributed by atoms with Crippen molar-refractivity contribution in [3.05, 3.63) is 163 Å². The number of nitrogens with zero attached hydrogens (tertiary/aromatic N) is 1. The van der Waals surface area contributed by atoms with Crippen molar-refractivity contribution >= 4 is 39.0 Å². The standard InChI is InChI=1S/C43H37NO/c1-2-12-30-43(29-11-1,34-15-7-4-8-16-34)35-21-25-37(26-22-35)44(36-23-19-33(20-24-36)32-13-5-3-6-14-32)38-27-28-40-39-17-9-10-18-41(39)45-42(40)31-38/h3-10,13-28,31H,1-2,11-12,29-30H2. The Kier molecular flexibility index (Phi) is 7.19. The maximum atomic E-state index is 6.34. The van der Waals surface area contributed by atoms with E-state index in [9.17, 15) is 0 Å². The number of fused-ring (bicyclic) bond motifs is 3. The minimum absolute atomic E-state index is 0.0611. The smallest absolute Gasteiger partial charge is 0.137 e. The van der Waals surface area contributed by atoms with Gasteiger partial charge in [0, 0.05) is 39.3 Å². The molecule has 1 aromatic heterocycles. The molecule has 1 heterocycles. The van der Waals surface area contributed by atoms with E-state index in [4.69, 9.17) is 4.42 Å². The van der Waals surface area contributed by atoms with E-state index >= 15 is 0 Å². The molecule has 0 aliphatic heterocycles. The highest BCUT2D eigenvalue weighted by molar-refractivity contribution is 6.06. The summed E-state index contributed by atoms with van der Waals surface area (Å²) in [7, 11) is 0. The third-order valence-electron chi connectivity index (χ3n) is 9.81. The SMILES string of the molecule is c1ccc(-c2ccc(N(c3ccc(C4(c5ccccc5)CCCCCC4)cc3)c3ccc4c(c3)oc3ccccc34)cc2)cc1.